The van der Waals surface area contributed by atoms with Gasteiger partial charge in [0.1, 0.15) is 6.04 Å². The van der Waals surface area contributed by atoms with Crippen molar-refractivity contribution in [2.75, 3.05) is 12.8 Å². The van der Waals surface area contributed by atoms with E-state index in [4.69, 9.17) is 10.8 Å². The number of aromatic nitrogens is 2. The van der Waals surface area contributed by atoms with E-state index in [-0.39, 0.29) is 11.4 Å². The summed E-state index contributed by atoms with van der Waals surface area (Å²) in [5, 5.41) is 12.9. The van der Waals surface area contributed by atoms with Gasteiger partial charge >= 0.3 is 11.9 Å². The number of ether oxygens (including phenoxy) is 1. The summed E-state index contributed by atoms with van der Waals surface area (Å²) in [6.07, 6.45) is 2.43. The van der Waals surface area contributed by atoms with E-state index in [1.54, 1.807) is 0 Å². The summed E-state index contributed by atoms with van der Waals surface area (Å²) in [5.74, 6) is -1.69. The number of methoxy groups -OCH3 is 1. The molecule has 3 N–H and O–H groups in total. The molecule has 0 aliphatic carbocycles. The molecule has 94 valence electrons. The van der Waals surface area contributed by atoms with Gasteiger partial charge in [0.05, 0.1) is 12.8 Å². The van der Waals surface area contributed by atoms with Crippen LogP contribution in [0.2, 0.25) is 0 Å². The van der Waals surface area contributed by atoms with E-state index in [1.807, 2.05) is 6.92 Å². The summed E-state index contributed by atoms with van der Waals surface area (Å²) < 4.78 is 5.68. The van der Waals surface area contributed by atoms with Gasteiger partial charge < -0.3 is 15.6 Å². The second-order valence-electron chi connectivity index (χ2n) is 3.55. The Bertz CT molecular complexity index is 427. The summed E-state index contributed by atoms with van der Waals surface area (Å²) in [6.45, 7) is 1.87. The van der Waals surface area contributed by atoms with Crippen LogP contribution in [0.5, 0.6) is 0 Å². The average molecular weight is 241 g/mol. The van der Waals surface area contributed by atoms with E-state index in [1.165, 1.54) is 18.0 Å². The molecule has 0 aromatic carbocycles. The molecule has 0 fully saturated rings. The molecule has 1 rings (SSSR count). The van der Waals surface area contributed by atoms with Crippen molar-refractivity contribution in [3.8, 4) is 0 Å². The first-order valence-corrected chi connectivity index (χ1v) is 5.17. The second kappa shape index (κ2) is 5.33. The largest absolute Gasteiger partial charge is 0.480 e. The number of nitrogen functional groups attached to an aromatic ring is 1. The molecule has 0 amide bonds. The van der Waals surface area contributed by atoms with Gasteiger partial charge in [-0.05, 0) is 6.42 Å². The van der Waals surface area contributed by atoms with Gasteiger partial charge in [-0.1, -0.05) is 13.3 Å². The smallest absolute Gasteiger partial charge is 0.360 e. The highest BCUT2D eigenvalue weighted by molar-refractivity contribution is 5.92. The number of aliphatic carboxylic acids is 1. The minimum Gasteiger partial charge on any atom is -0.480 e. The highest BCUT2D eigenvalue weighted by Crippen LogP contribution is 2.18. The van der Waals surface area contributed by atoms with Crippen molar-refractivity contribution < 1.29 is 19.4 Å². The maximum absolute atomic E-state index is 11.3. The van der Waals surface area contributed by atoms with Crippen LogP contribution in [-0.2, 0) is 9.53 Å². The summed E-state index contributed by atoms with van der Waals surface area (Å²) in [5.41, 5.74) is 5.62. The summed E-state index contributed by atoms with van der Waals surface area (Å²) in [6, 6.07) is -0.819. The first-order valence-electron chi connectivity index (χ1n) is 5.17. The van der Waals surface area contributed by atoms with Crippen LogP contribution in [-0.4, -0.2) is 33.9 Å². The molecule has 0 aliphatic heterocycles. The number of hydrogen-bond donors (Lipinski definition) is 2. The lowest BCUT2D eigenvalue weighted by molar-refractivity contribution is -0.141. The number of carboxylic acids is 1. The Balaban J connectivity index is 3.06. The zero-order valence-corrected chi connectivity index (χ0v) is 9.71. The predicted octanol–water partition coefficient (Wildman–Crippen LogP) is 0.678. The van der Waals surface area contributed by atoms with E-state index < -0.39 is 18.0 Å². The standard InChI is InChI=1S/C10H15N3O4/c1-3-4-7(9(14)15)13-5-6(11)8(12-13)10(16)17-2/h5,7H,3-4,11H2,1-2H3,(H,14,15). The number of carbonyl (C=O) groups is 2. The fourth-order valence-corrected chi connectivity index (χ4v) is 1.46. The molecule has 0 radical (unpaired) electrons. The SMILES string of the molecule is CCCC(C(=O)O)n1cc(N)c(C(=O)OC)n1. The third-order valence-electron chi connectivity index (χ3n) is 2.31. The average Bonchev–Trinajstić information content (AvgIpc) is 2.66. The normalized spacial score (nSPS) is 12.1. The van der Waals surface area contributed by atoms with E-state index in [9.17, 15) is 9.59 Å². The maximum Gasteiger partial charge on any atom is 0.360 e. The van der Waals surface area contributed by atoms with Gasteiger partial charge in [0.2, 0.25) is 0 Å². The monoisotopic (exact) mass is 241 g/mol. The lowest BCUT2D eigenvalue weighted by Gasteiger charge is -2.10. The molecule has 1 heterocycles. The van der Waals surface area contributed by atoms with E-state index in [0.717, 1.165) is 0 Å². The maximum atomic E-state index is 11.3. The molecule has 0 bridgehead atoms. The number of nitrogens with zero attached hydrogens (tertiary/aromatic N) is 2. The third kappa shape index (κ3) is 2.74. The van der Waals surface area contributed by atoms with Crippen LogP contribution < -0.4 is 5.73 Å². The molecule has 7 nitrogen and oxygen atoms in total. The van der Waals surface area contributed by atoms with E-state index >= 15 is 0 Å². The van der Waals surface area contributed by atoms with Gasteiger partial charge in [-0.3, -0.25) is 4.68 Å². The molecule has 0 spiro atoms. The van der Waals surface area contributed by atoms with Gasteiger partial charge in [0.25, 0.3) is 0 Å². The van der Waals surface area contributed by atoms with Gasteiger partial charge in [0.15, 0.2) is 5.69 Å². The Hall–Kier alpha value is -2.05. The summed E-state index contributed by atoms with van der Waals surface area (Å²) >= 11 is 0. The number of rotatable bonds is 5. The van der Waals surface area contributed by atoms with Crippen LogP contribution >= 0.6 is 0 Å². The molecule has 1 unspecified atom stereocenters. The van der Waals surface area contributed by atoms with Crippen LogP contribution in [0.15, 0.2) is 6.20 Å². The molecule has 1 aromatic heterocycles. The van der Waals surface area contributed by atoms with Gasteiger partial charge in [-0.25, -0.2) is 9.59 Å². The molecule has 0 saturated heterocycles. The number of carboxylic acid groups (broad SMARTS) is 1. The topological polar surface area (TPSA) is 107 Å². The molecule has 1 atom stereocenters. The van der Waals surface area contributed by atoms with Crippen molar-refractivity contribution in [1.82, 2.24) is 9.78 Å². The first-order chi connectivity index (χ1) is 8.01. The van der Waals surface area contributed by atoms with Crippen molar-refractivity contribution in [3.63, 3.8) is 0 Å². The van der Waals surface area contributed by atoms with Crippen LogP contribution in [0.4, 0.5) is 5.69 Å². The Kier molecular flexibility index (Phi) is 4.08. The number of carbonyl (C=O) groups excluding carboxylic acids is 1. The van der Waals surface area contributed by atoms with Crippen molar-refractivity contribution in [2.45, 2.75) is 25.8 Å². The molecule has 17 heavy (non-hydrogen) atoms. The Morgan fingerprint density at radius 3 is 2.76 bits per heavy atom. The highest BCUT2D eigenvalue weighted by atomic mass is 16.5. The fourth-order valence-electron chi connectivity index (χ4n) is 1.46. The van der Waals surface area contributed by atoms with Crippen LogP contribution in [0, 0.1) is 0 Å². The fraction of sp³-hybridized carbons (Fsp3) is 0.500. The first kappa shape index (κ1) is 13.0. The van der Waals surface area contributed by atoms with Crippen molar-refractivity contribution >= 4 is 17.6 Å². The molecular weight excluding hydrogens is 226 g/mol. The Morgan fingerprint density at radius 1 is 1.65 bits per heavy atom. The van der Waals surface area contributed by atoms with Gasteiger partial charge in [0, 0.05) is 6.20 Å². The third-order valence-corrected chi connectivity index (χ3v) is 2.31. The molecule has 0 aliphatic rings. The van der Waals surface area contributed by atoms with E-state index in [2.05, 4.69) is 9.84 Å². The molecule has 0 saturated carbocycles. The van der Waals surface area contributed by atoms with Gasteiger partial charge in [-0.2, -0.15) is 5.10 Å². The number of esters is 1. The van der Waals surface area contributed by atoms with Crippen LogP contribution in [0.3, 0.4) is 0 Å². The summed E-state index contributed by atoms with van der Waals surface area (Å²) in [7, 11) is 1.21. The highest BCUT2D eigenvalue weighted by Gasteiger charge is 2.23. The van der Waals surface area contributed by atoms with Gasteiger partial charge in [-0.15, -0.1) is 0 Å². The quantitative estimate of drug-likeness (QED) is 0.734. The minimum atomic E-state index is -1.01. The number of nitrogens with two attached hydrogens (primary N) is 1. The minimum absolute atomic E-state index is 0.0603. The van der Waals surface area contributed by atoms with Crippen LogP contribution in [0.25, 0.3) is 0 Å². The number of hydrogen-bond acceptors (Lipinski definition) is 5. The summed E-state index contributed by atoms with van der Waals surface area (Å²) in [4.78, 5) is 22.3. The lowest BCUT2D eigenvalue weighted by atomic mass is 10.2. The predicted molar refractivity (Wildman–Crippen MR) is 59.6 cm³/mol. The van der Waals surface area contributed by atoms with Crippen molar-refractivity contribution in [1.29, 1.82) is 0 Å². The number of anilines is 1. The zero-order valence-electron chi connectivity index (χ0n) is 9.71. The van der Waals surface area contributed by atoms with Crippen LogP contribution in [0.1, 0.15) is 36.3 Å². The molecular formula is C10H15N3O4. The molecule has 1 aromatic rings. The lowest BCUT2D eigenvalue weighted by Crippen LogP contribution is -2.20. The molecule has 7 heteroatoms. The van der Waals surface area contributed by atoms with E-state index in [0.29, 0.717) is 12.8 Å². The van der Waals surface area contributed by atoms with Crippen molar-refractivity contribution in [3.05, 3.63) is 11.9 Å². The Morgan fingerprint density at radius 2 is 2.29 bits per heavy atom. The zero-order chi connectivity index (χ0) is 13.0. The van der Waals surface area contributed by atoms with Crippen molar-refractivity contribution in [2.24, 2.45) is 0 Å². The second-order valence-corrected chi connectivity index (χ2v) is 3.55. The Labute approximate surface area is 98.2 Å².